The van der Waals surface area contributed by atoms with Crippen molar-refractivity contribution in [3.63, 3.8) is 0 Å². The summed E-state index contributed by atoms with van der Waals surface area (Å²) < 4.78 is 61.7. The SMILES string of the molecule is Fc1c(/C=C/C2CC2)ccc(OC2CCCC2)c1OC(F)(F)F. The van der Waals surface area contributed by atoms with Gasteiger partial charge in [0.25, 0.3) is 0 Å². The van der Waals surface area contributed by atoms with E-state index in [4.69, 9.17) is 4.74 Å². The van der Waals surface area contributed by atoms with E-state index in [-0.39, 0.29) is 17.4 Å². The molecule has 2 fully saturated rings. The zero-order chi connectivity index (χ0) is 16.4. The predicted octanol–water partition coefficient (Wildman–Crippen LogP) is 5.47. The van der Waals surface area contributed by atoms with E-state index in [0.717, 1.165) is 38.5 Å². The van der Waals surface area contributed by atoms with Crippen molar-refractivity contribution in [2.75, 3.05) is 0 Å². The molecule has 126 valence electrons. The minimum atomic E-state index is -4.96. The average Bonchev–Trinajstić information content (AvgIpc) is 3.16. The van der Waals surface area contributed by atoms with Gasteiger partial charge in [0.15, 0.2) is 11.6 Å². The molecule has 0 bridgehead atoms. The Morgan fingerprint density at radius 1 is 1.04 bits per heavy atom. The van der Waals surface area contributed by atoms with Crippen molar-refractivity contribution in [2.24, 2.45) is 5.92 Å². The molecule has 0 saturated heterocycles. The van der Waals surface area contributed by atoms with Gasteiger partial charge in [-0.25, -0.2) is 4.39 Å². The van der Waals surface area contributed by atoms with Crippen molar-refractivity contribution < 1.29 is 27.0 Å². The lowest BCUT2D eigenvalue weighted by Crippen LogP contribution is -2.20. The van der Waals surface area contributed by atoms with E-state index < -0.39 is 17.9 Å². The van der Waals surface area contributed by atoms with E-state index in [1.807, 2.05) is 6.08 Å². The lowest BCUT2D eigenvalue weighted by Gasteiger charge is -2.19. The molecule has 1 aromatic rings. The highest BCUT2D eigenvalue weighted by molar-refractivity contribution is 5.57. The fourth-order valence-electron chi connectivity index (χ4n) is 2.70. The second-order valence-electron chi connectivity index (χ2n) is 6.06. The Bertz CT molecular complexity index is 585. The van der Waals surface area contributed by atoms with E-state index in [2.05, 4.69) is 4.74 Å². The largest absolute Gasteiger partial charge is 0.573 e. The number of halogens is 4. The van der Waals surface area contributed by atoms with E-state index in [1.165, 1.54) is 18.2 Å². The molecular weight excluding hydrogens is 312 g/mol. The van der Waals surface area contributed by atoms with Crippen LogP contribution in [-0.2, 0) is 0 Å². The number of hydrogen-bond acceptors (Lipinski definition) is 2. The van der Waals surface area contributed by atoms with Crippen molar-refractivity contribution in [1.82, 2.24) is 0 Å². The van der Waals surface area contributed by atoms with Crippen molar-refractivity contribution in [1.29, 1.82) is 0 Å². The van der Waals surface area contributed by atoms with Gasteiger partial charge in [-0.05, 0) is 56.6 Å². The molecule has 2 saturated carbocycles. The second-order valence-corrected chi connectivity index (χ2v) is 6.06. The van der Waals surface area contributed by atoms with E-state index in [0.29, 0.717) is 5.92 Å². The monoisotopic (exact) mass is 330 g/mol. The molecule has 0 radical (unpaired) electrons. The van der Waals surface area contributed by atoms with E-state index in [9.17, 15) is 17.6 Å². The first-order chi connectivity index (χ1) is 10.9. The van der Waals surface area contributed by atoms with Crippen molar-refractivity contribution in [3.05, 3.63) is 29.6 Å². The summed E-state index contributed by atoms with van der Waals surface area (Å²) in [5.41, 5.74) is 0.0786. The smallest absolute Gasteiger partial charge is 0.486 e. The zero-order valence-electron chi connectivity index (χ0n) is 12.5. The number of hydrogen-bond donors (Lipinski definition) is 0. The average molecular weight is 330 g/mol. The van der Waals surface area contributed by atoms with Gasteiger partial charge >= 0.3 is 6.36 Å². The predicted molar refractivity (Wildman–Crippen MR) is 77.7 cm³/mol. The van der Waals surface area contributed by atoms with Gasteiger partial charge < -0.3 is 9.47 Å². The summed E-state index contributed by atoms with van der Waals surface area (Å²) >= 11 is 0. The van der Waals surface area contributed by atoms with Gasteiger partial charge in [0, 0.05) is 5.56 Å². The standard InChI is InChI=1S/C17H18F4O2/c18-15-12(8-7-11-5-6-11)9-10-14(16(15)23-17(19,20)21)22-13-3-1-2-4-13/h7-11,13H,1-6H2/b8-7+. The van der Waals surface area contributed by atoms with Crippen LogP contribution in [0.4, 0.5) is 17.6 Å². The highest BCUT2D eigenvalue weighted by Gasteiger charge is 2.35. The molecule has 0 aliphatic heterocycles. The zero-order valence-corrected chi connectivity index (χ0v) is 12.5. The molecular formula is C17H18F4O2. The summed E-state index contributed by atoms with van der Waals surface area (Å²) in [6.45, 7) is 0. The first-order valence-corrected chi connectivity index (χ1v) is 7.85. The highest BCUT2D eigenvalue weighted by Crippen LogP contribution is 2.39. The summed E-state index contributed by atoms with van der Waals surface area (Å²) in [5, 5.41) is 0. The maximum atomic E-state index is 14.5. The fraction of sp³-hybridized carbons (Fsp3) is 0.529. The van der Waals surface area contributed by atoms with Gasteiger partial charge in [0.2, 0.25) is 5.75 Å². The Morgan fingerprint density at radius 2 is 1.74 bits per heavy atom. The third-order valence-electron chi connectivity index (χ3n) is 4.07. The van der Waals surface area contributed by atoms with Gasteiger partial charge in [0.05, 0.1) is 6.10 Å². The van der Waals surface area contributed by atoms with Crippen LogP contribution >= 0.6 is 0 Å². The second kappa shape index (κ2) is 6.42. The molecule has 0 amide bonds. The molecule has 0 aromatic heterocycles. The van der Waals surface area contributed by atoms with Crippen molar-refractivity contribution in [3.8, 4) is 11.5 Å². The van der Waals surface area contributed by atoms with Crippen LogP contribution in [0.1, 0.15) is 44.1 Å². The third-order valence-corrected chi connectivity index (χ3v) is 4.07. The number of ether oxygens (including phenoxy) is 2. The van der Waals surface area contributed by atoms with Gasteiger partial charge in [-0.3, -0.25) is 0 Å². The maximum absolute atomic E-state index is 14.5. The molecule has 0 unspecified atom stereocenters. The quantitative estimate of drug-likeness (QED) is 0.667. The summed E-state index contributed by atoms with van der Waals surface area (Å²) in [4.78, 5) is 0. The van der Waals surface area contributed by atoms with Crippen LogP contribution in [0.2, 0.25) is 0 Å². The molecule has 23 heavy (non-hydrogen) atoms. The van der Waals surface area contributed by atoms with Crippen molar-refractivity contribution in [2.45, 2.75) is 51.0 Å². The third kappa shape index (κ3) is 4.39. The number of allylic oxidation sites excluding steroid dienone is 1. The lowest BCUT2D eigenvalue weighted by molar-refractivity contribution is -0.276. The van der Waals surface area contributed by atoms with Crippen molar-refractivity contribution >= 4 is 6.08 Å². The van der Waals surface area contributed by atoms with Crippen LogP contribution in [0.5, 0.6) is 11.5 Å². The first-order valence-electron chi connectivity index (χ1n) is 7.85. The maximum Gasteiger partial charge on any atom is 0.573 e. The molecule has 3 rings (SSSR count). The number of alkyl halides is 3. The fourth-order valence-corrected chi connectivity index (χ4v) is 2.70. The Kier molecular flexibility index (Phi) is 4.50. The van der Waals surface area contributed by atoms with Gasteiger partial charge in [-0.1, -0.05) is 12.2 Å². The minimum absolute atomic E-state index is 0.0786. The van der Waals surface area contributed by atoms with E-state index in [1.54, 1.807) is 0 Å². The summed E-state index contributed by atoms with van der Waals surface area (Å²) in [7, 11) is 0. The molecule has 2 aliphatic rings. The summed E-state index contributed by atoms with van der Waals surface area (Å²) in [5.74, 6) is -1.69. The van der Waals surface area contributed by atoms with Crippen LogP contribution < -0.4 is 9.47 Å². The van der Waals surface area contributed by atoms with Crippen LogP contribution in [-0.4, -0.2) is 12.5 Å². The van der Waals surface area contributed by atoms with Gasteiger partial charge in [-0.2, -0.15) is 0 Å². The van der Waals surface area contributed by atoms with E-state index >= 15 is 0 Å². The molecule has 0 heterocycles. The molecule has 1 aromatic carbocycles. The molecule has 2 nitrogen and oxygen atoms in total. The minimum Gasteiger partial charge on any atom is -0.486 e. The molecule has 2 aliphatic carbocycles. The van der Waals surface area contributed by atoms with Crippen LogP contribution in [0.15, 0.2) is 18.2 Å². The Labute approximate surface area is 132 Å². The Morgan fingerprint density at radius 3 is 2.35 bits per heavy atom. The van der Waals surface area contributed by atoms with Gasteiger partial charge in [0.1, 0.15) is 0 Å². The van der Waals surface area contributed by atoms with Crippen LogP contribution in [0.3, 0.4) is 0 Å². The summed E-state index contributed by atoms with van der Waals surface area (Å²) in [6.07, 6.45) is 3.69. The normalized spacial score (nSPS) is 19.5. The highest BCUT2D eigenvalue weighted by atomic mass is 19.4. The molecule has 6 heteroatoms. The first kappa shape index (κ1) is 16.1. The van der Waals surface area contributed by atoms with Crippen LogP contribution in [0, 0.1) is 11.7 Å². The number of rotatable bonds is 5. The molecule has 0 spiro atoms. The molecule has 0 N–H and O–H groups in total. The topological polar surface area (TPSA) is 18.5 Å². The van der Waals surface area contributed by atoms with Gasteiger partial charge in [-0.15, -0.1) is 13.2 Å². The lowest BCUT2D eigenvalue weighted by atomic mass is 10.1. The number of benzene rings is 1. The summed E-state index contributed by atoms with van der Waals surface area (Å²) in [6, 6.07) is 2.79. The Hall–Kier alpha value is -1.72. The van der Waals surface area contributed by atoms with Crippen LogP contribution in [0.25, 0.3) is 6.08 Å². The Balaban J connectivity index is 1.88. The molecule has 0 atom stereocenters.